The summed E-state index contributed by atoms with van der Waals surface area (Å²) in [5.74, 6) is 0.898. The van der Waals surface area contributed by atoms with Gasteiger partial charge in [-0.2, -0.15) is 0 Å². The molecule has 0 unspecified atom stereocenters. The Morgan fingerprint density at radius 2 is 2.00 bits per heavy atom. The van der Waals surface area contributed by atoms with Crippen LogP contribution >= 0.6 is 0 Å². The van der Waals surface area contributed by atoms with Crippen molar-refractivity contribution < 1.29 is 13.6 Å². The van der Waals surface area contributed by atoms with Crippen LogP contribution in [-0.2, 0) is 13.0 Å². The van der Waals surface area contributed by atoms with Crippen LogP contribution in [0.4, 0.5) is 10.2 Å². The Kier molecular flexibility index (Phi) is 5.41. The van der Waals surface area contributed by atoms with Crippen molar-refractivity contribution in [1.82, 2.24) is 10.3 Å². The summed E-state index contributed by atoms with van der Waals surface area (Å²) in [5, 5.41) is 5.87. The number of amides is 1. The van der Waals surface area contributed by atoms with E-state index in [0.717, 1.165) is 0 Å². The zero-order chi connectivity index (χ0) is 17.5. The lowest BCUT2D eigenvalue weighted by molar-refractivity contribution is 0.0947. The van der Waals surface area contributed by atoms with E-state index < -0.39 is 0 Å². The number of furan rings is 1. The van der Waals surface area contributed by atoms with Crippen LogP contribution < -0.4 is 10.6 Å². The Balaban J connectivity index is 1.48. The first-order valence-corrected chi connectivity index (χ1v) is 7.96. The largest absolute Gasteiger partial charge is 0.467 e. The molecule has 0 saturated carbocycles. The number of pyridine rings is 1. The standard InChI is InChI=1S/C19H18FN3O2/c20-17-6-2-1-4-14(17)9-10-21-18-8-7-15(12-22-18)19(24)23-13-16-5-3-11-25-16/h1-8,11-12H,9-10,13H2,(H,21,22)(H,23,24). The second kappa shape index (κ2) is 8.10. The summed E-state index contributed by atoms with van der Waals surface area (Å²) in [7, 11) is 0. The van der Waals surface area contributed by atoms with Gasteiger partial charge in [-0.15, -0.1) is 0 Å². The van der Waals surface area contributed by atoms with Crippen LogP contribution in [0.5, 0.6) is 0 Å². The SMILES string of the molecule is O=C(NCc1ccco1)c1ccc(NCCc2ccccc2F)nc1. The third-order valence-corrected chi connectivity index (χ3v) is 3.69. The van der Waals surface area contributed by atoms with E-state index in [1.807, 2.05) is 6.07 Å². The Morgan fingerprint density at radius 3 is 2.72 bits per heavy atom. The molecule has 0 aliphatic heterocycles. The van der Waals surface area contributed by atoms with E-state index in [1.165, 1.54) is 12.3 Å². The molecule has 128 valence electrons. The molecular weight excluding hydrogens is 321 g/mol. The van der Waals surface area contributed by atoms with Gasteiger partial charge in [0.25, 0.3) is 5.91 Å². The predicted octanol–water partition coefficient (Wildman–Crippen LogP) is 3.40. The fraction of sp³-hybridized carbons (Fsp3) is 0.158. The molecule has 2 aromatic heterocycles. The first kappa shape index (κ1) is 16.7. The molecule has 1 amide bonds. The van der Waals surface area contributed by atoms with Crippen LogP contribution in [0.15, 0.2) is 65.4 Å². The van der Waals surface area contributed by atoms with Crippen molar-refractivity contribution in [3.8, 4) is 0 Å². The van der Waals surface area contributed by atoms with Gasteiger partial charge in [0.1, 0.15) is 17.4 Å². The number of hydrogen-bond acceptors (Lipinski definition) is 4. The van der Waals surface area contributed by atoms with Gasteiger partial charge in [0.15, 0.2) is 0 Å². The van der Waals surface area contributed by atoms with Crippen LogP contribution in [-0.4, -0.2) is 17.4 Å². The molecule has 0 saturated heterocycles. The number of benzene rings is 1. The first-order chi connectivity index (χ1) is 12.2. The van der Waals surface area contributed by atoms with E-state index in [9.17, 15) is 9.18 Å². The zero-order valence-corrected chi connectivity index (χ0v) is 13.5. The molecule has 3 rings (SSSR count). The number of rotatable bonds is 7. The quantitative estimate of drug-likeness (QED) is 0.692. The Labute approximate surface area is 144 Å². The van der Waals surface area contributed by atoms with Gasteiger partial charge in [0.05, 0.1) is 18.4 Å². The molecule has 3 aromatic rings. The van der Waals surface area contributed by atoms with Crippen LogP contribution in [0.3, 0.4) is 0 Å². The number of carbonyl (C=O) groups is 1. The molecule has 25 heavy (non-hydrogen) atoms. The third-order valence-electron chi connectivity index (χ3n) is 3.69. The van der Waals surface area contributed by atoms with Crippen molar-refractivity contribution in [3.63, 3.8) is 0 Å². The highest BCUT2D eigenvalue weighted by Gasteiger charge is 2.07. The lowest BCUT2D eigenvalue weighted by Gasteiger charge is -2.07. The van der Waals surface area contributed by atoms with Gasteiger partial charge in [-0.25, -0.2) is 9.37 Å². The molecule has 6 heteroatoms. The van der Waals surface area contributed by atoms with Crippen LogP contribution in [0.1, 0.15) is 21.7 Å². The molecule has 0 aliphatic rings. The summed E-state index contributed by atoms with van der Waals surface area (Å²) in [6.45, 7) is 0.881. The maximum absolute atomic E-state index is 13.5. The van der Waals surface area contributed by atoms with E-state index in [0.29, 0.717) is 42.2 Å². The lowest BCUT2D eigenvalue weighted by atomic mass is 10.1. The average molecular weight is 339 g/mol. The second-order valence-electron chi connectivity index (χ2n) is 5.46. The molecule has 0 radical (unpaired) electrons. The Morgan fingerprint density at radius 1 is 1.12 bits per heavy atom. The minimum absolute atomic E-state index is 0.208. The number of nitrogens with zero attached hydrogens (tertiary/aromatic N) is 1. The summed E-state index contributed by atoms with van der Waals surface area (Å²) in [4.78, 5) is 16.2. The van der Waals surface area contributed by atoms with Crippen LogP contribution in [0, 0.1) is 5.82 Å². The van der Waals surface area contributed by atoms with Gasteiger partial charge < -0.3 is 15.1 Å². The van der Waals surface area contributed by atoms with Crippen molar-refractivity contribution in [2.45, 2.75) is 13.0 Å². The number of nitrogens with one attached hydrogen (secondary N) is 2. The molecule has 0 aliphatic carbocycles. The normalized spacial score (nSPS) is 10.4. The highest BCUT2D eigenvalue weighted by molar-refractivity contribution is 5.93. The molecule has 0 spiro atoms. The average Bonchev–Trinajstić information content (AvgIpc) is 3.15. The fourth-order valence-electron chi connectivity index (χ4n) is 2.34. The van der Waals surface area contributed by atoms with Gasteiger partial charge in [-0.1, -0.05) is 18.2 Å². The van der Waals surface area contributed by atoms with Crippen molar-refractivity contribution in [2.24, 2.45) is 0 Å². The van der Waals surface area contributed by atoms with Gasteiger partial charge in [-0.05, 0) is 42.3 Å². The van der Waals surface area contributed by atoms with Crippen molar-refractivity contribution in [2.75, 3.05) is 11.9 Å². The molecule has 0 atom stereocenters. The van der Waals surface area contributed by atoms with Gasteiger partial charge >= 0.3 is 0 Å². The van der Waals surface area contributed by atoms with Crippen LogP contribution in [0.2, 0.25) is 0 Å². The summed E-state index contributed by atoms with van der Waals surface area (Å²) in [6.07, 6.45) is 3.62. The van der Waals surface area contributed by atoms with E-state index in [1.54, 1.807) is 42.7 Å². The molecule has 0 bridgehead atoms. The molecule has 2 N–H and O–H groups in total. The van der Waals surface area contributed by atoms with Crippen molar-refractivity contribution in [1.29, 1.82) is 0 Å². The predicted molar refractivity (Wildman–Crippen MR) is 92.7 cm³/mol. The van der Waals surface area contributed by atoms with Gasteiger partial charge in [0.2, 0.25) is 0 Å². The summed E-state index contributed by atoms with van der Waals surface area (Å²) in [6, 6.07) is 13.7. The summed E-state index contributed by atoms with van der Waals surface area (Å²) >= 11 is 0. The topological polar surface area (TPSA) is 67.2 Å². The van der Waals surface area contributed by atoms with Crippen molar-refractivity contribution in [3.05, 3.63) is 83.7 Å². The molecule has 2 heterocycles. The lowest BCUT2D eigenvalue weighted by Crippen LogP contribution is -2.22. The number of halogens is 1. The van der Waals surface area contributed by atoms with Gasteiger partial charge in [0, 0.05) is 12.7 Å². The number of hydrogen-bond donors (Lipinski definition) is 2. The van der Waals surface area contributed by atoms with E-state index >= 15 is 0 Å². The smallest absolute Gasteiger partial charge is 0.253 e. The molecule has 5 nitrogen and oxygen atoms in total. The monoisotopic (exact) mass is 339 g/mol. The van der Waals surface area contributed by atoms with Gasteiger partial charge in [-0.3, -0.25) is 4.79 Å². The maximum Gasteiger partial charge on any atom is 0.253 e. The van der Waals surface area contributed by atoms with Crippen LogP contribution in [0.25, 0.3) is 0 Å². The molecule has 1 aromatic carbocycles. The fourth-order valence-corrected chi connectivity index (χ4v) is 2.34. The highest BCUT2D eigenvalue weighted by Crippen LogP contribution is 2.09. The first-order valence-electron chi connectivity index (χ1n) is 7.96. The minimum atomic E-state index is -0.221. The Hall–Kier alpha value is -3.15. The van der Waals surface area contributed by atoms with Crippen molar-refractivity contribution >= 4 is 11.7 Å². The zero-order valence-electron chi connectivity index (χ0n) is 13.5. The maximum atomic E-state index is 13.5. The minimum Gasteiger partial charge on any atom is -0.467 e. The highest BCUT2D eigenvalue weighted by atomic mass is 19.1. The Bertz CT molecular complexity index is 817. The van der Waals surface area contributed by atoms with E-state index in [2.05, 4.69) is 15.6 Å². The summed E-state index contributed by atoms with van der Waals surface area (Å²) in [5.41, 5.74) is 1.12. The number of carbonyl (C=O) groups excluding carboxylic acids is 1. The third kappa shape index (κ3) is 4.67. The van der Waals surface area contributed by atoms with E-state index in [-0.39, 0.29) is 11.7 Å². The second-order valence-corrected chi connectivity index (χ2v) is 5.46. The summed E-state index contributed by atoms with van der Waals surface area (Å²) < 4.78 is 18.7. The molecule has 0 fully saturated rings. The number of anilines is 1. The number of aromatic nitrogens is 1. The van der Waals surface area contributed by atoms with E-state index in [4.69, 9.17) is 4.42 Å². The molecular formula is C19H18FN3O2.